The average Bonchev–Trinajstić information content (AvgIpc) is 2.48. The van der Waals surface area contributed by atoms with Gasteiger partial charge in [0, 0.05) is 21.9 Å². The lowest BCUT2D eigenvalue weighted by Crippen LogP contribution is -2.32. The third kappa shape index (κ3) is 3.65. The second-order valence-corrected chi connectivity index (χ2v) is 9.05. The fourth-order valence-electron chi connectivity index (χ4n) is 2.66. The molecule has 3 rings (SSSR count). The highest BCUT2D eigenvalue weighted by Gasteiger charge is 2.34. The fraction of sp³-hybridized carbons (Fsp3) is 0.263. The molecule has 134 valence electrons. The summed E-state index contributed by atoms with van der Waals surface area (Å²) in [4.78, 5) is 0.202. The van der Waals surface area contributed by atoms with Gasteiger partial charge in [0.2, 0.25) is 0 Å². The Morgan fingerprint density at radius 1 is 1.08 bits per heavy atom. The molecule has 1 heterocycles. The van der Waals surface area contributed by atoms with Crippen molar-refractivity contribution in [3.63, 3.8) is 0 Å². The molecule has 1 aliphatic rings. The lowest BCUT2D eigenvalue weighted by Gasteiger charge is -2.35. The van der Waals surface area contributed by atoms with Crippen LogP contribution in [0.4, 0.5) is 4.39 Å². The van der Waals surface area contributed by atoms with E-state index in [0.29, 0.717) is 5.75 Å². The van der Waals surface area contributed by atoms with Gasteiger partial charge in [0.1, 0.15) is 17.2 Å². The Labute approximate surface area is 156 Å². The Bertz CT molecular complexity index is 945. The third-order valence-corrected chi connectivity index (χ3v) is 6.36. The summed E-state index contributed by atoms with van der Waals surface area (Å²) in [5.41, 5.74) is 1.78. The summed E-state index contributed by atoms with van der Waals surface area (Å²) >= 11 is 3.60. The Hall–Kier alpha value is -1.66. The van der Waals surface area contributed by atoms with E-state index in [-0.39, 0.29) is 18.1 Å². The standard InChI is InChI=1S/C18H16BrFO3S.CH4/c1-18(2)17(19)16(11-4-6-12(20)7-5-11)14-9-8-13(24(3,21)22)10-15(14)23-18;/h4-10H,1-3H3;1H4. The molecule has 0 spiro atoms. The predicted molar refractivity (Wildman–Crippen MR) is 102 cm³/mol. The molecule has 2 aromatic carbocycles. The van der Waals surface area contributed by atoms with Crippen LogP contribution in [-0.2, 0) is 9.84 Å². The van der Waals surface area contributed by atoms with Crippen LogP contribution < -0.4 is 4.74 Å². The maximum absolute atomic E-state index is 13.3. The average molecular weight is 427 g/mol. The van der Waals surface area contributed by atoms with Crippen molar-refractivity contribution < 1.29 is 17.5 Å². The van der Waals surface area contributed by atoms with E-state index in [0.717, 1.165) is 27.4 Å². The molecule has 0 amide bonds. The van der Waals surface area contributed by atoms with Crippen molar-refractivity contribution >= 4 is 31.3 Å². The summed E-state index contributed by atoms with van der Waals surface area (Å²) in [5.74, 6) is 0.180. The molecule has 0 bridgehead atoms. The first-order chi connectivity index (χ1) is 11.1. The summed E-state index contributed by atoms with van der Waals surface area (Å²) < 4.78 is 43.7. The number of hydrogen-bond donors (Lipinski definition) is 0. The third-order valence-electron chi connectivity index (χ3n) is 3.90. The molecule has 0 fully saturated rings. The van der Waals surface area contributed by atoms with E-state index in [1.54, 1.807) is 24.3 Å². The molecule has 0 saturated carbocycles. The van der Waals surface area contributed by atoms with Crippen LogP contribution in [0.15, 0.2) is 51.8 Å². The van der Waals surface area contributed by atoms with Crippen LogP contribution in [0.2, 0.25) is 0 Å². The van der Waals surface area contributed by atoms with Crippen LogP contribution in [0, 0.1) is 5.82 Å². The summed E-state index contributed by atoms with van der Waals surface area (Å²) in [5, 5.41) is 0. The van der Waals surface area contributed by atoms with E-state index in [2.05, 4.69) is 15.9 Å². The van der Waals surface area contributed by atoms with Crippen LogP contribution in [-0.4, -0.2) is 20.3 Å². The van der Waals surface area contributed by atoms with Crippen molar-refractivity contribution in [1.82, 2.24) is 0 Å². The van der Waals surface area contributed by atoms with Gasteiger partial charge in [-0.25, -0.2) is 12.8 Å². The van der Waals surface area contributed by atoms with Crippen molar-refractivity contribution in [3.05, 3.63) is 63.9 Å². The molecule has 0 radical (unpaired) electrons. The lowest BCUT2D eigenvalue weighted by molar-refractivity contribution is 0.154. The zero-order chi connectivity index (χ0) is 17.7. The summed E-state index contributed by atoms with van der Waals surface area (Å²) in [6, 6.07) is 11.0. The minimum atomic E-state index is -3.33. The maximum atomic E-state index is 13.3. The number of fused-ring (bicyclic) bond motifs is 1. The quantitative estimate of drug-likeness (QED) is 0.663. The van der Waals surface area contributed by atoms with Gasteiger partial charge < -0.3 is 4.74 Å². The van der Waals surface area contributed by atoms with Gasteiger partial charge >= 0.3 is 0 Å². The van der Waals surface area contributed by atoms with Crippen molar-refractivity contribution in [3.8, 4) is 5.75 Å². The first-order valence-electron chi connectivity index (χ1n) is 7.29. The zero-order valence-corrected chi connectivity index (χ0v) is 15.8. The van der Waals surface area contributed by atoms with E-state index in [4.69, 9.17) is 4.74 Å². The highest BCUT2D eigenvalue weighted by atomic mass is 79.9. The number of rotatable bonds is 2. The predicted octanol–water partition coefficient (Wildman–Crippen LogP) is 5.19. The smallest absolute Gasteiger partial charge is 0.175 e. The zero-order valence-electron chi connectivity index (χ0n) is 13.4. The Balaban J connectivity index is 0.00000225. The highest BCUT2D eigenvalue weighted by Crippen LogP contribution is 2.46. The maximum Gasteiger partial charge on any atom is 0.175 e. The summed E-state index contributed by atoms with van der Waals surface area (Å²) in [6.45, 7) is 3.77. The monoisotopic (exact) mass is 426 g/mol. The Morgan fingerprint density at radius 3 is 2.24 bits per heavy atom. The molecule has 0 saturated heterocycles. The molecule has 1 aliphatic heterocycles. The van der Waals surface area contributed by atoms with Gasteiger partial charge in [0.05, 0.1) is 4.90 Å². The normalized spacial score (nSPS) is 15.9. The van der Waals surface area contributed by atoms with E-state index in [1.165, 1.54) is 18.2 Å². The molecule has 0 atom stereocenters. The van der Waals surface area contributed by atoms with Gasteiger partial charge in [-0.3, -0.25) is 0 Å². The van der Waals surface area contributed by atoms with E-state index < -0.39 is 15.4 Å². The lowest BCUT2D eigenvalue weighted by atomic mass is 9.90. The first-order valence-corrected chi connectivity index (χ1v) is 9.98. The highest BCUT2D eigenvalue weighted by molar-refractivity contribution is 9.12. The molecule has 3 nitrogen and oxygen atoms in total. The first kappa shape index (κ1) is 19.7. The SMILES string of the molecule is C.CC1(C)Oc2cc(S(C)(=O)=O)ccc2C(c2ccc(F)cc2)=C1Br. The van der Waals surface area contributed by atoms with Crippen LogP contribution in [0.25, 0.3) is 5.57 Å². The number of benzene rings is 2. The molecule has 0 unspecified atom stereocenters. The number of hydrogen-bond acceptors (Lipinski definition) is 3. The van der Waals surface area contributed by atoms with Crippen molar-refractivity contribution in [2.75, 3.05) is 6.26 Å². The van der Waals surface area contributed by atoms with Crippen LogP contribution in [0.1, 0.15) is 32.4 Å². The molecule has 25 heavy (non-hydrogen) atoms. The van der Waals surface area contributed by atoms with Crippen molar-refractivity contribution in [1.29, 1.82) is 0 Å². The molecule has 6 heteroatoms. The summed E-state index contributed by atoms with van der Waals surface area (Å²) in [6.07, 6.45) is 1.16. The Morgan fingerprint density at radius 2 is 1.68 bits per heavy atom. The van der Waals surface area contributed by atoms with Crippen molar-refractivity contribution in [2.24, 2.45) is 0 Å². The van der Waals surface area contributed by atoms with E-state index in [1.807, 2.05) is 13.8 Å². The van der Waals surface area contributed by atoms with Gasteiger partial charge in [-0.15, -0.1) is 0 Å². The minimum Gasteiger partial charge on any atom is -0.482 e. The van der Waals surface area contributed by atoms with E-state index in [9.17, 15) is 12.8 Å². The number of sulfone groups is 1. The van der Waals surface area contributed by atoms with E-state index >= 15 is 0 Å². The minimum absolute atomic E-state index is 0. The second-order valence-electron chi connectivity index (χ2n) is 6.24. The molecule has 0 aliphatic carbocycles. The topological polar surface area (TPSA) is 43.4 Å². The number of halogens is 2. The molecular weight excluding hydrogens is 407 g/mol. The summed E-state index contributed by atoms with van der Waals surface area (Å²) in [7, 11) is -3.33. The fourth-order valence-corrected chi connectivity index (χ4v) is 3.82. The van der Waals surface area contributed by atoms with Gasteiger partial charge in [0.25, 0.3) is 0 Å². The number of ether oxygens (including phenoxy) is 1. The Kier molecular flexibility index (Phi) is 5.17. The molecule has 2 aromatic rings. The van der Waals surface area contributed by atoms with Crippen LogP contribution in [0.5, 0.6) is 5.75 Å². The van der Waals surface area contributed by atoms with Crippen LogP contribution >= 0.6 is 15.9 Å². The van der Waals surface area contributed by atoms with Gasteiger partial charge in [-0.2, -0.15) is 0 Å². The van der Waals surface area contributed by atoms with Gasteiger partial charge in [-0.1, -0.05) is 35.5 Å². The van der Waals surface area contributed by atoms with Gasteiger partial charge in [0.15, 0.2) is 9.84 Å². The molecule has 0 N–H and O–H groups in total. The molecular formula is C19H20BrFO3S. The van der Waals surface area contributed by atoms with Gasteiger partial charge in [-0.05, 0) is 49.7 Å². The molecule has 0 aromatic heterocycles. The second kappa shape index (κ2) is 6.57. The largest absolute Gasteiger partial charge is 0.482 e. The van der Waals surface area contributed by atoms with Crippen LogP contribution in [0.3, 0.4) is 0 Å². The van der Waals surface area contributed by atoms with Crippen molar-refractivity contribution in [2.45, 2.75) is 31.8 Å².